The van der Waals surface area contributed by atoms with Gasteiger partial charge in [-0.1, -0.05) is 18.2 Å². The summed E-state index contributed by atoms with van der Waals surface area (Å²) in [6, 6.07) is 11.9. The van der Waals surface area contributed by atoms with Gasteiger partial charge < -0.3 is 19.8 Å². The number of rotatable bonds is 3. The first-order chi connectivity index (χ1) is 13.2. The molecule has 7 nitrogen and oxygen atoms in total. The summed E-state index contributed by atoms with van der Waals surface area (Å²) in [5.74, 6) is 0.883. The Morgan fingerprint density at radius 1 is 1.04 bits per heavy atom. The second-order valence-corrected chi connectivity index (χ2v) is 6.57. The quantitative estimate of drug-likeness (QED) is 0.701. The van der Waals surface area contributed by atoms with E-state index in [2.05, 4.69) is 10.3 Å². The van der Waals surface area contributed by atoms with Gasteiger partial charge in [-0.3, -0.25) is 4.79 Å². The van der Waals surface area contributed by atoms with E-state index in [0.717, 1.165) is 21.4 Å². The normalized spacial score (nSPS) is 18.8. The monoisotopic (exact) mass is 363 g/mol. The molecule has 0 radical (unpaired) electrons. The average Bonchev–Trinajstić information content (AvgIpc) is 3.22. The van der Waals surface area contributed by atoms with Crippen LogP contribution in [0.25, 0.3) is 10.9 Å². The van der Waals surface area contributed by atoms with Crippen LogP contribution in [0, 0.1) is 0 Å². The van der Waals surface area contributed by atoms with Gasteiger partial charge in [-0.15, -0.1) is 0 Å². The molecule has 3 heterocycles. The summed E-state index contributed by atoms with van der Waals surface area (Å²) in [6.07, 6.45) is 2.31. The van der Waals surface area contributed by atoms with Gasteiger partial charge in [0.15, 0.2) is 11.5 Å². The summed E-state index contributed by atoms with van der Waals surface area (Å²) >= 11 is 0. The lowest BCUT2D eigenvalue weighted by atomic mass is 10.0. The Bertz CT molecular complexity index is 1060. The molecule has 27 heavy (non-hydrogen) atoms. The third-order valence-electron chi connectivity index (χ3n) is 4.90. The number of aromatic amines is 1. The summed E-state index contributed by atoms with van der Waals surface area (Å²) in [5, 5.41) is 3.84. The summed E-state index contributed by atoms with van der Waals surface area (Å²) in [7, 11) is 0. The number of amides is 3. The number of nitrogens with zero attached hydrogens (tertiary/aromatic N) is 1. The maximum atomic E-state index is 12.9. The number of H-pyrrole nitrogens is 1. The summed E-state index contributed by atoms with van der Waals surface area (Å²) in [5.41, 5.74) is 2.48. The van der Waals surface area contributed by atoms with Gasteiger partial charge in [0.2, 0.25) is 0 Å². The van der Waals surface area contributed by atoms with E-state index >= 15 is 0 Å². The fraction of sp³-hybridized carbons (Fsp3) is 0.200. The van der Waals surface area contributed by atoms with E-state index in [0.29, 0.717) is 36.8 Å². The highest BCUT2D eigenvalue weighted by molar-refractivity contribution is 6.21. The molecule has 136 valence electrons. The second-order valence-electron chi connectivity index (χ2n) is 6.57. The molecule has 0 aliphatic carbocycles. The molecule has 0 unspecified atom stereocenters. The van der Waals surface area contributed by atoms with E-state index in [9.17, 15) is 9.59 Å². The fourth-order valence-corrected chi connectivity index (χ4v) is 3.61. The van der Waals surface area contributed by atoms with Crippen LogP contribution in [0.2, 0.25) is 0 Å². The van der Waals surface area contributed by atoms with Crippen LogP contribution in [-0.2, 0) is 11.2 Å². The molecule has 1 aromatic heterocycles. The number of hydrogen-bond donors (Lipinski definition) is 2. The first-order valence-corrected chi connectivity index (χ1v) is 8.80. The highest BCUT2D eigenvalue weighted by Crippen LogP contribution is 2.35. The number of fused-ring (bicyclic) bond motifs is 2. The topological polar surface area (TPSA) is 83.7 Å². The molecule has 5 rings (SSSR count). The average molecular weight is 363 g/mol. The van der Waals surface area contributed by atoms with E-state index in [-0.39, 0.29) is 5.91 Å². The van der Waals surface area contributed by atoms with Gasteiger partial charge in [0.1, 0.15) is 19.3 Å². The van der Waals surface area contributed by atoms with Gasteiger partial charge in [-0.05, 0) is 23.8 Å². The van der Waals surface area contributed by atoms with Crippen molar-refractivity contribution in [1.29, 1.82) is 0 Å². The maximum absolute atomic E-state index is 12.9. The minimum Gasteiger partial charge on any atom is -0.486 e. The lowest BCUT2D eigenvalue weighted by Gasteiger charge is -2.20. The Morgan fingerprint density at radius 3 is 2.74 bits per heavy atom. The van der Waals surface area contributed by atoms with Crippen molar-refractivity contribution in [2.45, 2.75) is 12.5 Å². The van der Waals surface area contributed by atoms with Crippen LogP contribution < -0.4 is 19.7 Å². The third-order valence-corrected chi connectivity index (χ3v) is 4.90. The number of ether oxygens (including phenoxy) is 2. The number of hydrogen-bond acceptors (Lipinski definition) is 4. The standard InChI is InChI=1S/C20H17N3O4/c24-19-16(9-12-11-21-15-4-2-1-3-14(12)15)22-20(25)23(19)13-5-6-17-18(10-13)27-8-7-26-17/h1-6,10-11,16,21H,7-9H2,(H,22,25)/t16-/m0/s1. The van der Waals surface area contributed by atoms with Crippen LogP contribution in [0.15, 0.2) is 48.7 Å². The molecule has 2 aliphatic rings. The Hall–Kier alpha value is -3.48. The Balaban J connectivity index is 1.42. The zero-order chi connectivity index (χ0) is 18.4. The van der Waals surface area contributed by atoms with Gasteiger partial charge in [0.05, 0.1) is 5.69 Å². The van der Waals surface area contributed by atoms with Crippen molar-refractivity contribution in [2.75, 3.05) is 18.1 Å². The molecule has 7 heteroatoms. The van der Waals surface area contributed by atoms with Crippen molar-refractivity contribution in [3.8, 4) is 11.5 Å². The Labute approximate surface area is 154 Å². The maximum Gasteiger partial charge on any atom is 0.329 e. The van der Waals surface area contributed by atoms with Crippen molar-refractivity contribution in [3.05, 3.63) is 54.2 Å². The van der Waals surface area contributed by atoms with Crippen LogP contribution in [0.3, 0.4) is 0 Å². The number of imide groups is 1. The SMILES string of the molecule is O=C1N[C@@H](Cc2c[nH]c3ccccc23)C(=O)N1c1ccc2c(c1)OCCO2. The van der Waals surface area contributed by atoms with E-state index in [1.54, 1.807) is 18.2 Å². The van der Waals surface area contributed by atoms with Gasteiger partial charge in [-0.25, -0.2) is 9.69 Å². The van der Waals surface area contributed by atoms with Crippen molar-refractivity contribution < 1.29 is 19.1 Å². The van der Waals surface area contributed by atoms with Crippen LogP contribution in [-0.4, -0.2) is 36.2 Å². The molecule has 0 bridgehead atoms. The number of aromatic nitrogens is 1. The number of urea groups is 1. The predicted octanol–water partition coefficient (Wildman–Crippen LogP) is 2.61. The molecular weight excluding hydrogens is 346 g/mol. The number of carbonyl (C=O) groups excluding carboxylic acids is 2. The first-order valence-electron chi connectivity index (χ1n) is 8.80. The molecule has 2 aliphatic heterocycles. The second kappa shape index (κ2) is 6.05. The number of para-hydroxylation sites is 1. The van der Waals surface area contributed by atoms with E-state index < -0.39 is 12.1 Å². The van der Waals surface area contributed by atoms with Crippen molar-refractivity contribution in [3.63, 3.8) is 0 Å². The number of benzene rings is 2. The molecule has 2 aromatic carbocycles. The van der Waals surface area contributed by atoms with Gasteiger partial charge in [-0.2, -0.15) is 0 Å². The van der Waals surface area contributed by atoms with Crippen LogP contribution in [0.4, 0.5) is 10.5 Å². The largest absolute Gasteiger partial charge is 0.486 e. The molecule has 3 aromatic rings. The zero-order valence-corrected chi connectivity index (χ0v) is 14.4. The number of nitrogens with one attached hydrogen (secondary N) is 2. The van der Waals surface area contributed by atoms with Crippen LogP contribution in [0.1, 0.15) is 5.56 Å². The van der Waals surface area contributed by atoms with Gasteiger partial charge in [0, 0.05) is 29.6 Å². The van der Waals surface area contributed by atoms with Crippen molar-refractivity contribution in [1.82, 2.24) is 10.3 Å². The lowest BCUT2D eigenvalue weighted by Crippen LogP contribution is -2.32. The fourth-order valence-electron chi connectivity index (χ4n) is 3.61. The molecular formula is C20H17N3O4. The van der Waals surface area contributed by atoms with E-state index in [1.165, 1.54) is 0 Å². The molecule has 2 N–H and O–H groups in total. The highest BCUT2D eigenvalue weighted by atomic mass is 16.6. The van der Waals surface area contributed by atoms with Crippen LogP contribution >= 0.6 is 0 Å². The van der Waals surface area contributed by atoms with Crippen molar-refractivity contribution >= 4 is 28.5 Å². The minimum absolute atomic E-state index is 0.276. The summed E-state index contributed by atoms with van der Waals surface area (Å²) in [4.78, 5) is 29.7. The molecule has 1 fully saturated rings. The highest BCUT2D eigenvalue weighted by Gasteiger charge is 2.39. The van der Waals surface area contributed by atoms with Crippen molar-refractivity contribution in [2.24, 2.45) is 0 Å². The molecule has 1 saturated heterocycles. The molecule has 0 saturated carbocycles. The number of carbonyl (C=O) groups is 2. The smallest absolute Gasteiger partial charge is 0.329 e. The molecule has 0 spiro atoms. The zero-order valence-electron chi connectivity index (χ0n) is 14.4. The van der Waals surface area contributed by atoms with Crippen LogP contribution in [0.5, 0.6) is 11.5 Å². The van der Waals surface area contributed by atoms with Gasteiger partial charge >= 0.3 is 6.03 Å². The Morgan fingerprint density at radius 2 is 1.85 bits per heavy atom. The molecule has 1 atom stereocenters. The molecule has 3 amide bonds. The predicted molar refractivity (Wildman–Crippen MR) is 99.2 cm³/mol. The third kappa shape index (κ3) is 2.59. The first kappa shape index (κ1) is 15.7. The van der Waals surface area contributed by atoms with Gasteiger partial charge in [0.25, 0.3) is 5.91 Å². The minimum atomic E-state index is -0.607. The summed E-state index contributed by atoms with van der Waals surface area (Å²) < 4.78 is 11.1. The lowest BCUT2D eigenvalue weighted by molar-refractivity contribution is -0.118. The van der Waals surface area contributed by atoms with E-state index in [4.69, 9.17) is 9.47 Å². The number of anilines is 1. The van der Waals surface area contributed by atoms with E-state index in [1.807, 2.05) is 30.5 Å². The summed E-state index contributed by atoms with van der Waals surface area (Å²) in [6.45, 7) is 0.932. The Kier molecular flexibility index (Phi) is 3.53.